The molecule has 3 atom stereocenters. The Morgan fingerprint density at radius 3 is 1.47 bits per heavy atom. The number of hydrogen-bond donors (Lipinski definition) is 4. The van der Waals surface area contributed by atoms with Crippen LogP contribution in [0.3, 0.4) is 0 Å². The summed E-state index contributed by atoms with van der Waals surface area (Å²) < 4.78 is 25.6. The van der Waals surface area contributed by atoms with Gasteiger partial charge in [0, 0.05) is 6.42 Å². The molecule has 0 aliphatic rings. The van der Waals surface area contributed by atoms with Gasteiger partial charge in [-0.3, -0.25) is 13.8 Å². The summed E-state index contributed by atoms with van der Waals surface area (Å²) in [6.45, 7) is 0.118. The molecule has 0 radical (unpaired) electrons. The van der Waals surface area contributed by atoms with E-state index in [1.165, 1.54) is 89.9 Å². The third kappa shape index (κ3) is 25.1. The first kappa shape index (κ1) is 35.5. The van der Waals surface area contributed by atoms with Gasteiger partial charge in [0.25, 0.3) is 0 Å². The van der Waals surface area contributed by atoms with Gasteiger partial charge in [0.2, 0.25) is 0 Å². The van der Waals surface area contributed by atoms with Crippen molar-refractivity contribution in [3.8, 4) is 0 Å². The number of ether oxygens (including phenoxy) is 1. The summed E-state index contributed by atoms with van der Waals surface area (Å²) in [6.07, 6.45) is 19.3. The second-order valence-corrected chi connectivity index (χ2v) is 11.1. The fourth-order valence-electron chi connectivity index (χ4n) is 3.75. The van der Waals surface area contributed by atoms with Crippen LogP contribution in [0.5, 0.6) is 0 Å². The molecule has 0 aromatic rings. The van der Waals surface area contributed by atoms with Crippen LogP contribution in [0.1, 0.15) is 122 Å². The zero-order chi connectivity index (χ0) is 26.9. The number of aliphatic hydroxyl groups is 3. The molecule has 0 bridgehead atoms. The van der Waals surface area contributed by atoms with E-state index in [9.17, 15) is 19.4 Å². The molecule has 0 fully saturated rings. The van der Waals surface area contributed by atoms with Crippen molar-refractivity contribution in [3.05, 3.63) is 0 Å². The van der Waals surface area contributed by atoms with Gasteiger partial charge in [-0.05, 0) is 6.42 Å². The van der Waals surface area contributed by atoms with Gasteiger partial charge in [-0.2, -0.15) is 0 Å². The predicted molar refractivity (Wildman–Crippen MR) is 141 cm³/mol. The first-order valence-electron chi connectivity index (χ1n) is 14.0. The van der Waals surface area contributed by atoms with Crippen molar-refractivity contribution >= 4 is 13.8 Å². The van der Waals surface area contributed by atoms with Gasteiger partial charge in [0.05, 0.1) is 19.8 Å². The molecule has 0 aromatic heterocycles. The predicted octanol–water partition coefficient (Wildman–Crippen LogP) is 5.42. The van der Waals surface area contributed by atoms with Crippen LogP contribution in [0.15, 0.2) is 0 Å². The van der Waals surface area contributed by atoms with E-state index >= 15 is 0 Å². The molecule has 9 nitrogen and oxygen atoms in total. The number of carbonyl (C=O) groups is 1. The van der Waals surface area contributed by atoms with Crippen molar-refractivity contribution < 1.29 is 43.4 Å². The monoisotopic (exact) mass is 540 g/mol. The summed E-state index contributed by atoms with van der Waals surface area (Å²) in [4.78, 5) is 21.2. The van der Waals surface area contributed by atoms with Crippen LogP contribution < -0.4 is 0 Å². The minimum Gasteiger partial charge on any atom is -0.463 e. The number of esters is 1. The van der Waals surface area contributed by atoms with Crippen molar-refractivity contribution in [2.24, 2.45) is 0 Å². The third-order valence-corrected chi connectivity index (χ3v) is 6.94. The fraction of sp³-hybridized carbons (Fsp3) is 0.962. The maximum atomic E-state index is 11.8. The van der Waals surface area contributed by atoms with Gasteiger partial charge < -0.3 is 24.9 Å². The summed E-state index contributed by atoms with van der Waals surface area (Å²) in [5.41, 5.74) is 0. The summed E-state index contributed by atoms with van der Waals surface area (Å²) in [7, 11) is -4.48. The van der Waals surface area contributed by atoms with E-state index in [4.69, 9.17) is 14.9 Å². The highest BCUT2D eigenvalue weighted by molar-refractivity contribution is 7.47. The Bertz CT molecular complexity index is 548. The highest BCUT2D eigenvalue weighted by Gasteiger charge is 2.24. The number of hydrogen-bond acceptors (Lipinski definition) is 8. The van der Waals surface area contributed by atoms with Gasteiger partial charge in [0.1, 0.15) is 18.8 Å². The molecular weight excluding hydrogens is 487 g/mol. The lowest BCUT2D eigenvalue weighted by Crippen LogP contribution is -2.24. The maximum absolute atomic E-state index is 11.8. The molecule has 0 aromatic carbocycles. The molecule has 10 heteroatoms. The van der Waals surface area contributed by atoms with E-state index in [1.54, 1.807) is 0 Å². The van der Waals surface area contributed by atoms with Crippen molar-refractivity contribution in [3.63, 3.8) is 0 Å². The Morgan fingerprint density at radius 1 is 0.667 bits per heavy atom. The Labute approximate surface area is 218 Å². The minimum absolute atomic E-state index is 0.271. The van der Waals surface area contributed by atoms with Crippen LogP contribution in [-0.4, -0.2) is 64.8 Å². The number of phosphoric acid groups is 1. The molecule has 0 saturated carbocycles. The summed E-state index contributed by atoms with van der Waals surface area (Å²) in [6, 6.07) is 0. The number of carbonyl (C=O) groups excluding carboxylic acids is 1. The molecule has 0 aliphatic carbocycles. The number of rotatable bonds is 27. The molecule has 0 rings (SSSR count). The largest absolute Gasteiger partial charge is 0.472 e. The Balaban J connectivity index is 3.45. The lowest BCUT2D eigenvalue weighted by atomic mass is 10.0. The lowest BCUT2D eigenvalue weighted by Gasteiger charge is -2.16. The van der Waals surface area contributed by atoms with E-state index in [2.05, 4.69) is 16.0 Å². The Hall–Kier alpha value is -0.540. The second-order valence-electron chi connectivity index (χ2n) is 9.64. The molecule has 4 N–H and O–H groups in total. The topological polar surface area (TPSA) is 143 Å². The number of unbranched alkanes of at least 4 members (excludes halogenated alkanes) is 16. The molecule has 1 unspecified atom stereocenters. The van der Waals surface area contributed by atoms with Crippen LogP contribution in [-0.2, 0) is 23.1 Å². The second kappa shape index (κ2) is 24.8. The first-order chi connectivity index (χ1) is 17.3. The average Bonchev–Trinajstić information content (AvgIpc) is 2.86. The molecule has 216 valence electrons. The van der Waals surface area contributed by atoms with Crippen molar-refractivity contribution in [2.75, 3.05) is 26.4 Å². The molecule has 0 heterocycles. The van der Waals surface area contributed by atoms with E-state index < -0.39 is 45.8 Å². The Morgan fingerprint density at radius 2 is 1.06 bits per heavy atom. The quantitative estimate of drug-likeness (QED) is 0.0610. The van der Waals surface area contributed by atoms with Gasteiger partial charge >= 0.3 is 13.8 Å². The molecule has 36 heavy (non-hydrogen) atoms. The van der Waals surface area contributed by atoms with Crippen LogP contribution in [0.4, 0.5) is 0 Å². The Kier molecular flexibility index (Phi) is 24.4. The summed E-state index contributed by atoms with van der Waals surface area (Å²) in [5.74, 6) is -0.426. The average molecular weight is 541 g/mol. The normalized spacial score (nSPS) is 14.9. The highest BCUT2D eigenvalue weighted by atomic mass is 31.2. The third-order valence-electron chi connectivity index (χ3n) is 5.99. The van der Waals surface area contributed by atoms with E-state index in [1.807, 2.05) is 0 Å². The molecule has 0 amide bonds. The van der Waals surface area contributed by atoms with E-state index in [0.29, 0.717) is 0 Å². The summed E-state index contributed by atoms with van der Waals surface area (Å²) in [5, 5.41) is 27.4. The van der Waals surface area contributed by atoms with Crippen LogP contribution >= 0.6 is 7.82 Å². The van der Waals surface area contributed by atoms with Crippen molar-refractivity contribution in [1.82, 2.24) is 0 Å². The van der Waals surface area contributed by atoms with Crippen LogP contribution in [0, 0.1) is 0 Å². The number of phosphoric ester groups is 1. The van der Waals surface area contributed by atoms with Gasteiger partial charge in [-0.15, -0.1) is 0 Å². The molecule has 0 saturated heterocycles. The molecular formula is C26H53O9P. The van der Waals surface area contributed by atoms with E-state index in [0.717, 1.165) is 19.3 Å². The van der Waals surface area contributed by atoms with Crippen LogP contribution in [0.2, 0.25) is 0 Å². The molecule has 0 aliphatic heterocycles. The molecule has 0 spiro atoms. The minimum atomic E-state index is -4.48. The lowest BCUT2D eigenvalue weighted by molar-refractivity contribution is -0.147. The maximum Gasteiger partial charge on any atom is 0.472 e. The number of aliphatic hydroxyl groups excluding tert-OH is 3. The van der Waals surface area contributed by atoms with Crippen LogP contribution in [0.25, 0.3) is 0 Å². The van der Waals surface area contributed by atoms with Gasteiger partial charge in [-0.1, -0.05) is 110 Å². The van der Waals surface area contributed by atoms with Crippen molar-refractivity contribution in [2.45, 2.75) is 135 Å². The first-order valence-corrected chi connectivity index (χ1v) is 15.5. The van der Waals surface area contributed by atoms with Crippen molar-refractivity contribution in [1.29, 1.82) is 0 Å². The standard InChI is InChI=1S/C26H53O9P/c1-2-3-4-5-6-7-8-9-10-11-12-13-14-15-16-17-18-19-26(30)33-21-25(29)23-35-36(31,32)34-22-24(28)20-27/h24-25,27-29H,2-23H2,1H3,(H,31,32)/t24-,25+/m0/s1. The van der Waals surface area contributed by atoms with E-state index in [-0.39, 0.29) is 13.0 Å². The fourth-order valence-corrected chi connectivity index (χ4v) is 4.55. The zero-order valence-electron chi connectivity index (χ0n) is 22.5. The highest BCUT2D eigenvalue weighted by Crippen LogP contribution is 2.43. The SMILES string of the molecule is CCCCCCCCCCCCCCCCCCCC(=O)OC[C@@H](O)COP(=O)(O)OC[C@@H](O)CO. The van der Waals surface area contributed by atoms with Gasteiger partial charge in [0.15, 0.2) is 0 Å². The summed E-state index contributed by atoms with van der Waals surface area (Å²) >= 11 is 0. The van der Waals surface area contributed by atoms with Gasteiger partial charge in [-0.25, -0.2) is 4.57 Å². The zero-order valence-corrected chi connectivity index (χ0v) is 23.4. The smallest absolute Gasteiger partial charge is 0.463 e.